The Bertz CT molecular complexity index is 232. The predicted molar refractivity (Wildman–Crippen MR) is 74.5 cm³/mol. The van der Waals surface area contributed by atoms with Crippen molar-refractivity contribution in [3.63, 3.8) is 0 Å². The van der Waals surface area contributed by atoms with Gasteiger partial charge < -0.3 is 20.5 Å². The van der Waals surface area contributed by atoms with Crippen LogP contribution < -0.4 is 5.73 Å². The van der Waals surface area contributed by atoms with E-state index in [1.807, 2.05) is 6.92 Å². The van der Waals surface area contributed by atoms with Crippen LogP contribution in [-0.4, -0.2) is 55.0 Å². The monoisotopic (exact) mass is 258 g/mol. The van der Waals surface area contributed by atoms with E-state index in [-0.39, 0.29) is 12.1 Å². The molecule has 4 nitrogen and oxygen atoms in total. The molecule has 1 heterocycles. The number of nitrogens with zero attached hydrogens (tertiary/aromatic N) is 1. The van der Waals surface area contributed by atoms with E-state index >= 15 is 0 Å². The van der Waals surface area contributed by atoms with E-state index in [4.69, 9.17) is 10.5 Å². The van der Waals surface area contributed by atoms with E-state index in [2.05, 4.69) is 11.8 Å². The van der Waals surface area contributed by atoms with Crippen molar-refractivity contribution >= 4 is 0 Å². The second-order valence-electron chi connectivity index (χ2n) is 5.82. The predicted octanol–water partition coefficient (Wildman–Crippen LogP) is 1.22. The molecule has 1 fully saturated rings. The summed E-state index contributed by atoms with van der Waals surface area (Å²) in [5.41, 5.74) is 5.71. The number of rotatable bonds is 7. The molecule has 0 aromatic heterocycles. The van der Waals surface area contributed by atoms with E-state index in [0.717, 1.165) is 38.9 Å². The number of hydrogen-bond acceptors (Lipinski definition) is 4. The largest absolute Gasteiger partial charge is 0.394 e. The molecule has 108 valence electrons. The van der Waals surface area contributed by atoms with E-state index in [1.54, 1.807) is 7.11 Å². The van der Waals surface area contributed by atoms with Gasteiger partial charge in [-0.2, -0.15) is 0 Å². The van der Waals surface area contributed by atoms with Crippen LogP contribution in [0.3, 0.4) is 0 Å². The quantitative estimate of drug-likeness (QED) is 0.721. The summed E-state index contributed by atoms with van der Waals surface area (Å²) in [6.45, 7) is 7.64. The number of ether oxygens (including phenoxy) is 1. The molecular formula is C14H30N2O2. The Morgan fingerprint density at radius 2 is 2.22 bits per heavy atom. The number of likely N-dealkylation sites (tertiary alicyclic amines) is 1. The summed E-state index contributed by atoms with van der Waals surface area (Å²) < 4.78 is 5.52. The van der Waals surface area contributed by atoms with Crippen LogP contribution in [0.25, 0.3) is 0 Å². The first-order valence-electron chi connectivity index (χ1n) is 7.19. The fourth-order valence-electron chi connectivity index (χ4n) is 2.63. The van der Waals surface area contributed by atoms with E-state index in [9.17, 15) is 5.11 Å². The first-order chi connectivity index (χ1) is 8.54. The highest BCUT2D eigenvalue weighted by atomic mass is 16.5. The van der Waals surface area contributed by atoms with Crippen molar-refractivity contribution < 1.29 is 9.84 Å². The zero-order valence-corrected chi connectivity index (χ0v) is 12.2. The summed E-state index contributed by atoms with van der Waals surface area (Å²) in [5, 5.41) is 9.28. The molecule has 3 unspecified atom stereocenters. The Balaban J connectivity index is 2.27. The third kappa shape index (κ3) is 4.50. The highest BCUT2D eigenvalue weighted by molar-refractivity contribution is 4.83. The Morgan fingerprint density at radius 3 is 2.78 bits per heavy atom. The number of methoxy groups -OCH3 is 1. The fourth-order valence-corrected chi connectivity index (χ4v) is 2.63. The number of aliphatic hydroxyl groups is 1. The van der Waals surface area contributed by atoms with Gasteiger partial charge in [-0.25, -0.2) is 0 Å². The van der Waals surface area contributed by atoms with Gasteiger partial charge in [-0.1, -0.05) is 13.8 Å². The summed E-state index contributed by atoms with van der Waals surface area (Å²) in [6, 6.07) is 0. The molecule has 18 heavy (non-hydrogen) atoms. The summed E-state index contributed by atoms with van der Waals surface area (Å²) >= 11 is 0. The van der Waals surface area contributed by atoms with Gasteiger partial charge in [0.05, 0.1) is 12.7 Å². The molecule has 0 aliphatic carbocycles. The highest BCUT2D eigenvalue weighted by Crippen LogP contribution is 2.20. The lowest BCUT2D eigenvalue weighted by atomic mass is 9.91. The lowest BCUT2D eigenvalue weighted by molar-refractivity contribution is -0.00587. The van der Waals surface area contributed by atoms with Crippen LogP contribution in [0.2, 0.25) is 0 Å². The fraction of sp³-hybridized carbons (Fsp3) is 1.00. The molecule has 1 aliphatic rings. The molecule has 0 radical (unpaired) electrons. The Labute approximate surface area is 111 Å². The van der Waals surface area contributed by atoms with Gasteiger partial charge >= 0.3 is 0 Å². The zero-order valence-electron chi connectivity index (χ0n) is 12.2. The minimum absolute atomic E-state index is 0.0846. The molecule has 0 saturated carbocycles. The highest BCUT2D eigenvalue weighted by Gasteiger charge is 2.26. The molecular weight excluding hydrogens is 228 g/mol. The molecule has 0 spiro atoms. The van der Waals surface area contributed by atoms with Gasteiger partial charge in [0.25, 0.3) is 0 Å². The van der Waals surface area contributed by atoms with Crippen molar-refractivity contribution in [2.45, 2.75) is 51.2 Å². The molecule has 0 aromatic rings. The third-order valence-corrected chi connectivity index (χ3v) is 4.44. The topological polar surface area (TPSA) is 58.7 Å². The van der Waals surface area contributed by atoms with Gasteiger partial charge in [0.2, 0.25) is 0 Å². The zero-order chi connectivity index (χ0) is 13.6. The average molecular weight is 258 g/mol. The minimum atomic E-state index is -0.385. The van der Waals surface area contributed by atoms with E-state index in [0.29, 0.717) is 12.0 Å². The maximum absolute atomic E-state index is 9.28. The van der Waals surface area contributed by atoms with Crippen LogP contribution in [0.5, 0.6) is 0 Å². The van der Waals surface area contributed by atoms with Gasteiger partial charge in [-0.15, -0.1) is 0 Å². The third-order valence-electron chi connectivity index (χ3n) is 4.44. The first kappa shape index (κ1) is 15.9. The van der Waals surface area contributed by atoms with Crippen LogP contribution in [0.15, 0.2) is 0 Å². The number of aliphatic hydroxyl groups excluding tert-OH is 1. The second-order valence-corrected chi connectivity index (χ2v) is 5.82. The summed E-state index contributed by atoms with van der Waals surface area (Å²) in [7, 11) is 1.80. The van der Waals surface area contributed by atoms with Gasteiger partial charge in [-0.05, 0) is 44.7 Å². The standard InChI is InChI=1S/C14H30N2O2/c1-4-14(15,11-17)7-5-8-16-9-6-12(2)13(10-16)18-3/h12-13,17H,4-11,15H2,1-3H3. The lowest BCUT2D eigenvalue weighted by Crippen LogP contribution is -2.46. The summed E-state index contributed by atoms with van der Waals surface area (Å²) in [6.07, 6.45) is 4.35. The molecule has 1 rings (SSSR count). The molecule has 1 saturated heterocycles. The van der Waals surface area contributed by atoms with Crippen LogP contribution in [-0.2, 0) is 4.74 Å². The van der Waals surface area contributed by atoms with Gasteiger partial charge in [0.1, 0.15) is 0 Å². The number of hydrogen-bond donors (Lipinski definition) is 2. The van der Waals surface area contributed by atoms with Gasteiger partial charge in [-0.3, -0.25) is 0 Å². The molecule has 3 atom stereocenters. The van der Waals surface area contributed by atoms with Crippen LogP contribution >= 0.6 is 0 Å². The van der Waals surface area contributed by atoms with Crippen LogP contribution in [0.1, 0.15) is 39.5 Å². The van der Waals surface area contributed by atoms with Crippen molar-refractivity contribution in [2.75, 3.05) is 33.4 Å². The maximum atomic E-state index is 9.28. The summed E-state index contributed by atoms with van der Waals surface area (Å²) in [5.74, 6) is 0.660. The van der Waals surface area contributed by atoms with E-state index in [1.165, 1.54) is 6.42 Å². The lowest BCUT2D eigenvalue weighted by Gasteiger charge is -2.36. The van der Waals surface area contributed by atoms with Crippen molar-refractivity contribution in [3.05, 3.63) is 0 Å². The molecule has 0 aromatic carbocycles. The van der Waals surface area contributed by atoms with Crippen molar-refractivity contribution in [1.82, 2.24) is 4.90 Å². The number of piperidine rings is 1. The van der Waals surface area contributed by atoms with Gasteiger partial charge in [0, 0.05) is 19.2 Å². The first-order valence-corrected chi connectivity index (χ1v) is 7.19. The maximum Gasteiger partial charge on any atom is 0.0724 e. The Morgan fingerprint density at radius 1 is 1.50 bits per heavy atom. The SMILES string of the molecule is CCC(N)(CO)CCCN1CCC(C)C(OC)C1. The smallest absolute Gasteiger partial charge is 0.0724 e. The normalized spacial score (nSPS) is 29.2. The summed E-state index contributed by atoms with van der Waals surface area (Å²) in [4.78, 5) is 2.46. The van der Waals surface area contributed by atoms with E-state index < -0.39 is 0 Å². The molecule has 0 amide bonds. The van der Waals surface area contributed by atoms with Crippen LogP contribution in [0.4, 0.5) is 0 Å². The molecule has 3 N–H and O–H groups in total. The Hall–Kier alpha value is -0.160. The van der Waals surface area contributed by atoms with Crippen LogP contribution in [0, 0.1) is 5.92 Å². The van der Waals surface area contributed by atoms with Crippen molar-refractivity contribution in [1.29, 1.82) is 0 Å². The molecule has 0 bridgehead atoms. The Kier molecular flexibility index (Phi) is 6.57. The second kappa shape index (κ2) is 7.43. The average Bonchev–Trinajstić information content (AvgIpc) is 2.40. The van der Waals surface area contributed by atoms with Gasteiger partial charge in [0.15, 0.2) is 0 Å². The number of nitrogens with two attached hydrogens (primary N) is 1. The van der Waals surface area contributed by atoms with Crippen molar-refractivity contribution in [2.24, 2.45) is 11.7 Å². The van der Waals surface area contributed by atoms with Crippen molar-refractivity contribution in [3.8, 4) is 0 Å². The molecule has 4 heteroatoms. The minimum Gasteiger partial charge on any atom is -0.394 e. The molecule has 1 aliphatic heterocycles.